The largest absolute Gasteiger partial charge is 0.312 e. The Labute approximate surface area is 101 Å². The molecule has 0 amide bonds. The van der Waals surface area contributed by atoms with Crippen molar-refractivity contribution in [2.75, 3.05) is 6.54 Å². The fourth-order valence-corrected chi connectivity index (χ4v) is 2.59. The molecule has 0 spiro atoms. The average molecular weight is 242 g/mol. The van der Waals surface area contributed by atoms with Crippen molar-refractivity contribution in [1.29, 1.82) is 0 Å². The van der Waals surface area contributed by atoms with Crippen molar-refractivity contribution in [3.05, 3.63) is 35.1 Å². The van der Waals surface area contributed by atoms with E-state index in [2.05, 4.69) is 5.32 Å². The number of rotatable bonds is 4. The normalized spacial score (nSPS) is 24.2. The Hall–Kier alpha value is -0.600. The van der Waals surface area contributed by atoms with Crippen LogP contribution in [0.2, 0.25) is 0 Å². The zero-order chi connectivity index (χ0) is 11.5. The second kappa shape index (κ2) is 5.15. The highest BCUT2D eigenvalue weighted by Crippen LogP contribution is 2.31. The highest BCUT2D eigenvalue weighted by atomic mass is 35.5. The van der Waals surface area contributed by atoms with Gasteiger partial charge < -0.3 is 5.32 Å². The van der Waals surface area contributed by atoms with Crippen LogP contribution in [0.4, 0.5) is 4.39 Å². The molecule has 88 valence electrons. The van der Waals surface area contributed by atoms with Gasteiger partial charge in [-0.05, 0) is 55.5 Å². The molecule has 1 aliphatic rings. The van der Waals surface area contributed by atoms with Crippen LogP contribution in [0.5, 0.6) is 0 Å². The molecule has 1 aromatic rings. The first-order valence-electron chi connectivity index (χ1n) is 5.75. The molecule has 1 nitrogen and oxygen atoms in total. The molecule has 0 heterocycles. The molecule has 1 aliphatic carbocycles. The van der Waals surface area contributed by atoms with Crippen molar-refractivity contribution in [3.8, 4) is 0 Å². The Morgan fingerprint density at radius 3 is 2.81 bits per heavy atom. The van der Waals surface area contributed by atoms with Gasteiger partial charge in [-0.3, -0.25) is 0 Å². The van der Waals surface area contributed by atoms with Crippen LogP contribution in [-0.2, 0) is 6.54 Å². The van der Waals surface area contributed by atoms with E-state index in [4.69, 9.17) is 11.6 Å². The molecule has 3 heteroatoms. The maximum atomic E-state index is 12.9. The first-order chi connectivity index (χ1) is 7.65. The van der Waals surface area contributed by atoms with Crippen molar-refractivity contribution in [3.63, 3.8) is 0 Å². The van der Waals surface area contributed by atoms with E-state index in [1.165, 1.54) is 11.6 Å². The van der Waals surface area contributed by atoms with Crippen molar-refractivity contribution in [2.45, 2.75) is 31.7 Å². The van der Waals surface area contributed by atoms with E-state index in [-0.39, 0.29) is 5.82 Å². The van der Waals surface area contributed by atoms with Crippen LogP contribution in [0.25, 0.3) is 0 Å². The van der Waals surface area contributed by atoms with E-state index in [1.807, 2.05) is 13.0 Å². The van der Waals surface area contributed by atoms with Crippen LogP contribution in [0.3, 0.4) is 0 Å². The quantitative estimate of drug-likeness (QED) is 0.798. The third kappa shape index (κ3) is 2.96. The Morgan fingerprint density at radius 1 is 1.44 bits per heavy atom. The van der Waals surface area contributed by atoms with Gasteiger partial charge in [0.1, 0.15) is 5.82 Å². The Balaban J connectivity index is 1.76. The summed E-state index contributed by atoms with van der Waals surface area (Å²) in [6.45, 7) is 3.77. The second-order valence-electron chi connectivity index (χ2n) is 4.64. The van der Waals surface area contributed by atoms with Gasteiger partial charge in [-0.2, -0.15) is 0 Å². The number of hydrogen-bond acceptors (Lipinski definition) is 1. The number of benzene rings is 1. The summed E-state index contributed by atoms with van der Waals surface area (Å²) in [5.74, 6) is 0.563. The van der Waals surface area contributed by atoms with Gasteiger partial charge in [-0.15, -0.1) is 11.6 Å². The lowest BCUT2D eigenvalue weighted by Gasteiger charge is -2.31. The molecule has 0 atom stereocenters. The summed E-state index contributed by atoms with van der Waals surface area (Å²) in [5, 5.41) is 3.79. The van der Waals surface area contributed by atoms with Gasteiger partial charge in [0.05, 0.1) is 0 Å². The standard InChI is InChI=1S/C13H17ClFN/c1-9-4-13(15)3-2-11(9)8-16-7-10-5-12(14)6-10/h2-4,10,12,16H,5-8H2,1H3. The lowest BCUT2D eigenvalue weighted by Crippen LogP contribution is -2.33. The predicted octanol–water partition coefficient (Wildman–Crippen LogP) is 3.24. The van der Waals surface area contributed by atoms with Crippen LogP contribution in [0.1, 0.15) is 24.0 Å². The number of alkyl halides is 1. The third-order valence-electron chi connectivity index (χ3n) is 3.23. The summed E-state index contributed by atoms with van der Waals surface area (Å²) < 4.78 is 12.9. The van der Waals surface area contributed by atoms with E-state index in [0.29, 0.717) is 5.38 Å². The summed E-state index contributed by atoms with van der Waals surface area (Å²) in [7, 11) is 0. The van der Waals surface area contributed by atoms with Gasteiger partial charge in [0, 0.05) is 11.9 Å². The summed E-state index contributed by atoms with van der Waals surface area (Å²) in [4.78, 5) is 0. The minimum Gasteiger partial charge on any atom is -0.312 e. The molecule has 0 unspecified atom stereocenters. The lowest BCUT2D eigenvalue weighted by molar-refractivity contribution is 0.308. The molecule has 1 N–H and O–H groups in total. The van der Waals surface area contributed by atoms with E-state index in [0.717, 1.165) is 37.4 Å². The minimum atomic E-state index is -0.162. The molecule has 1 saturated carbocycles. The van der Waals surface area contributed by atoms with E-state index >= 15 is 0 Å². The lowest BCUT2D eigenvalue weighted by atomic mass is 9.85. The predicted molar refractivity (Wildman–Crippen MR) is 65.2 cm³/mol. The molecule has 0 saturated heterocycles. The number of hydrogen-bond donors (Lipinski definition) is 1. The Bertz CT molecular complexity index is 361. The van der Waals surface area contributed by atoms with Crippen LogP contribution < -0.4 is 5.32 Å². The van der Waals surface area contributed by atoms with Gasteiger partial charge in [-0.1, -0.05) is 6.07 Å². The van der Waals surface area contributed by atoms with Crippen molar-refractivity contribution in [1.82, 2.24) is 5.32 Å². The van der Waals surface area contributed by atoms with Gasteiger partial charge in [-0.25, -0.2) is 4.39 Å². The van der Waals surface area contributed by atoms with Crippen LogP contribution >= 0.6 is 11.6 Å². The zero-order valence-electron chi connectivity index (χ0n) is 9.47. The number of aryl methyl sites for hydroxylation is 1. The summed E-state index contributed by atoms with van der Waals surface area (Å²) in [6.07, 6.45) is 2.24. The molecule has 1 aromatic carbocycles. The second-order valence-corrected chi connectivity index (χ2v) is 5.25. The Morgan fingerprint density at radius 2 is 2.19 bits per heavy atom. The first-order valence-corrected chi connectivity index (χ1v) is 6.18. The maximum absolute atomic E-state index is 12.9. The van der Waals surface area contributed by atoms with Crippen molar-refractivity contribution in [2.24, 2.45) is 5.92 Å². The Kier molecular flexibility index (Phi) is 3.82. The number of halogens is 2. The molecule has 0 bridgehead atoms. The summed E-state index contributed by atoms with van der Waals surface area (Å²) in [5.41, 5.74) is 2.18. The van der Waals surface area contributed by atoms with Gasteiger partial charge >= 0.3 is 0 Å². The first kappa shape index (κ1) is 11.9. The van der Waals surface area contributed by atoms with E-state index in [1.54, 1.807) is 6.07 Å². The summed E-state index contributed by atoms with van der Waals surface area (Å²) in [6, 6.07) is 4.94. The smallest absolute Gasteiger partial charge is 0.123 e. The molecule has 16 heavy (non-hydrogen) atoms. The van der Waals surface area contributed by atoms with E-state index < -0.39 is 0 Å². The number of nitrogens with one attached hydrogen (secondary N) is 1. The highest BCUT2D eigenvalue weighted by molar-refractivity contribution is 6.21. The van der Waals surface area contributed by atoms with E-state index in [9.17, 15) is 4.39 Å². The van der Waals surface area contributed by atoms with Gasteiger partial charge in [0.2, 0.25) is 0 Å². The fraction of sp³-hybridized carbons (Fsp3) is 0.538. The fourth-order valence-electron chi connectivity index (χ4n) is 2.09. The molecule has 1 fully saturated rings. The molecule has 2 rings (SSSR count). The van der Waals surface area contributed by atoms with Crippen molar-refractivity contribution < 1.29 is 4.39 Å². The monoisotopic (exact) mass is 241 g/mol. The molecule has 0 aromatic heterocycles. The third-order valence-corrected chi connectivity index (χ3v) is 3.59. The van der Waals surface area contributed by atoms with Gasteiger partial charge in [0.15, 0.2) is 0 Å². The molecule has 0 aliphatic heterocycles. The topological polar surface area (TPSA) is 12.0 Å². The molecular weight excluding hydrogens is 225 g/mol. The van der Waals surface area contributed by atoms with Crippen molar-refractivity contribution >= 4 is 11.6 Å². The maximum Gasteiger partial charge on any atom is 0.123 e. The molecular formula is C13H17ClFN. The van der Waals surface area contributed by atoms with Crippen LogP contribution in [-0.4, -0.2) is 11.9 Å². The highest BCUT2D eigenvalue weighted by Gasteiger charge is 2.26. The average Bonchev–Trinajstić information content (AvgIpc) is 2.18. The zero-order valence-corrected chi connectivity index (χ0v) is 10.2. The van der Waals surface area contributed by atoms with Crippen LogP contribution in [0.15, 0.2) is 18.2 Å². The molecule has 0 radical (unpaired) electrons. The SMILES string of the molecule is Cc1cc(F)ccc1CNCC1CC(Cl)C1. The summed E-state index contributed by atoms with van der Waals surface area (Å²) >= 11 is 5.91. The minimum absolute atomic E-state index is 0.162. The van der Waals surface area contributed by atoms with Crippen LogP contribution in [0, 0.1) is 18.7 Å². The van der Waals surface area contributed by atoms with Gasteiger partial charge in [0.25, 0.3) is 0 Å².